The van der Waals surface area contributed by atoms with Gasteiger partial charge in [-0.1, -0.05) is 50.2 Å². The summed E-state index contributed by atoms with van der Waals surface area (Å²) in [6, 6.07) is 16.4. The summed E-state index contributed by atoms with van der Waals surface area (Å²) in [5.41, 5.74) is 3.20. The van der Waals surface area contributed by atoms with E-state index in [2.05, 4.69) is 30.1 Å². The van der Waals surface area contributed by atoms with Crippen LogP contribution < -0.4 is 5.32 Å². The molecular formula is C25H31N3O3S. The molecule has 0 saturated carbocycles. The maximum atomic E-state index is 12.4. The van der Waals surface area contributed by atoms with E-state index in [4.69, 9.17) is 5.26 Å². The van der Waals surface area contributed by atoms with Crippen LogP contribution in [-0.2, 0) is 33.5 Å². The second-order valence-electron chi connectivity index (χ2n) is 9.03. The van der Waals surface area contributed by atoms with Crippen molar-refractivity contribution in [2.75, 3.05) is 18.8 Å². The SMILES string of the molecule is CC1CC(C)CN(Cc2ccccc2CNC(=O)CS(=O)(=O)Cc2ccc(C#N)cc2)C1. The van der Waals surface area contributed by atoms with Gasteiger partial charge in [-0.15, -0.1) is 0 Å². The molecule has 0 aliphatic carbocycles. The minimum Gasteiger partial charge on any atom is -0.351 e. The fourth-order valence-electron chi connectivity index (χ4n) is 4.47. The van der Waals surface area contributed by atoms with Crippen LogP contribution in [0.15, 0.2) is 48.5 Å². The van der Waals surface area contributed by atoms with Crippen molar-refractivity contribution >= 4 is 15.7 Å². The molecule has 1 saturated heterocycles. The zero-order valence-electron chi connectivity index (χ0n) is 18.8. The van der Waals surface area contributed by atoms with Crippen molar-refractivity contribution in [3.63, 3.8) is 0 Å². The van der Waals surface area contributed by atoms with E-state index >= 15 is 0 Å². The predicted octanol–water partition coefficient (Wildman–Crippen LogP) is 3.27. The molecule has 2 aromatic rings. The van der Waals surface area contributed by atoms with Crippen LogP contribution in [0.2, 0.25) is 0 Å². The molecule has 0 radical (unpaired) electrons. The molecule has 1 amide bonds. The third-order valence-corrected chi connectivity index (χ3v) is 7.23. The number of nitrogens with one attached hydrogen (secondary N) is 1. The Labute approximate surface area is 191 Å². The van der Waals surface area contributed by atoms with E-state index in [0.29, 0.717) is 29.5 Å². The highest BCUT2D eigenvalue weighted by atomic mass is 32.2. The molecule has 0 bridgehead atoms. The van der Waals surface area contributed by atoms with E-state index in [0.717, 1.165) is 30.8 Å². The minimum absolute atomic E-state index is 0.228. The first-order valence-electron chi connectivity index (χ1n) is 11.0. The second kappa shape index (κ2) is 10.8. The number of nitrogens with zero attached hydrogens (tertiary/aromatic N) is 2. The van der Waals surface area contributed by atoms with Crippen molar-refractivity contribution in [2.24, 2.45) is 11.8 Å². The van der Waals surface area contributed by atoms with E-state index in [1.165, 1.54) is 6.42 Å². The number of sulfone groups is 1. The van der Waals surface area contributed by atoms with Gasteiger partial charge in [0.15, 0.2) is 9.84 Å². The molecule has 1 aliphatic rings. The van der Waals surface area contributed by atoms with Crippen LogP contribution in [0, 0.1) is 23.2 Å². The predicted molar refractivity (Wildman–Crippen MR) is 125 cm³/mol. The summed E-state index contributed by atoms with van der Waals surface area (Å²) in [4.78, 5) is 14.8. The lowest BCUT2D eigenvalue weighted by Crippen LogP contribution is -2.38. The monoisotopic (exact) mass is 453 g/mol. The Bertz CT molecular complexity index is 1060. The van der Waals surface area contributed by atoms with Gasteiger partial charge in [0.05, 0.1) is 17.4 Å². The first kappa shape index (κ1) is 24.0. The Morgan fingerprint density at radius 2 is 1.69 bits per heavy atom. The maximum absolute atomic E-state index is 12.4. The van der Waals surface area contributed by atoms with Gasteiger partial charge in [-0.2, -0.15) is 5.26 Å². The Hall–Kier alpha value is -2.69. The molecule has 7 heteroatoms. The number of carbonyl (C=O) groups excluding carboxylic acids is 1. The van der Waals surface area contributed by atoms with Crippen molar-refractivity contribution in [3.05, 3.63) is 70.8 Å². The van der Waals surface area contributed by atoms with Gasteiger partial charge in [-0.3, -0.25) is 9.69 Å². The van der Waals surface area contributed by atoms with Gasteiger partial charge in [0.1, 0.15) is 5.75 Å². The summed E-state index contributed by atoms with van der Waals surface area (Å²) in [5.74, 6) is 0.0530. The molecule has 1 fully saturated rings. The molecule has 1 heterocycles. The van der Waals surface area contributed by atoms with Crippen molar-refractivity contribution in [1.29, 1.82) is 5.26 Å². The number of likely N-dealkylation sites (tertiary alicyclic amines) is 1. The number of amides is 1. The Morgan fingerprint density at radius 1 is 1.06 bits per heavy atom. The number of rotatable bonds is 8. The smallest absolute Gasteiger partial charge is 0.235 e. The zero-order chi connectivity index (χ0) is 23.1. The highest BCUT2D eigenvalue weighted by molar-refractivity contribution is 7.91. The lowest BCUT2D eigenvalue weighted by atomic mass is 9.91. The third-order valence-electron chi connectivity index (χ3n) is 5.75. The van der Waals surface area contributed by atoms with Gasteiger partial charge < -0.3 is 5.32 Å². The summed E-state index contributed by atoms with van der Waals surface area (Å²) in [5, 5.41) is 11.6. The van der Waals surface area contributed by atoms with E-state index < -0.39 is 21.5 Å². The summed E-state index contributed by atoms with van der Waals surface area (Å²) in [7, 11) is -3.61. The van der Waals surface area contributed by atoms with Crippen molar-refractivity contribution < 1.29 is 13.2 Å². The maximum Gasteiger partial charge on any atom is 0.235 e. The molecule has 0 aromatic heterocycles. The molecule has 1 N–H and O–H groups in total. The molecular weight excluding hydrogens is 422 g/mol. The molecule has 1 aliphatic heterocycles. The van der Waals surface area contributed by atoms with Crippen LogP contribution in [0.3, 0.4) is 0 Å². The fraction of sp³-hybridized carbons (Fsp3) is 0.440. The summed E-state index contributed by atoms with van der Waals surface area (Å²) in [6.45, 7) is 7.84. The highest BCUT2D eigenvalue weighted by Gasteiger charge is 2.22. The molecule has 170 valence electrons. The summed E-state index contributed by atoms with van der Waals surface area (Å²) < 4.78 is 24.9. The van der Waals surface area contributed by atoms with Crippen LogP contribution >= 0.6 is 0 Å². The summed E-state index contributed by atoms with van der Waals surface area (Å²) in [6.07, 6.45) is 1.26. The Kier molecular flexibility index (Phi) is 8.05. The number of nitriles is 1. The number of carbonyl (C=O) groups is 1. The van der Waals surface area contributed by atoms with Crippen LogP contribution in [0.25, 0.3) is 0 Å². The van der Waals surface area contributed by atoms with E-state index in [1.54, 1.807) is 24.3 Å². The fourth-order valence-corrected chi connectivity index (χ4v) is 5.78. The number of hydrogen-bond donors (Lipinski definition) is 1. The van der Waals surface area contributed by atoms with Crippen LogP contribution in [0.4, 0.5) is 0 Å². The first-order chi connectivity index (χ1) is 15.2. The molecule has 6 nitrogen and oxygen atoms in total. The summed E-state index contributed by atoms with van der Waals surface area (Å²) >= 11 is 0. The minimum atomic E-state index is -3.61. The Morgan fingerprint density at radius 3 is 2.31 bits per heavy atom. The molecule has 32 heavy (non-hydrogen) atoms. The molecule has 0 spiro atoms. The van der Waals surface area contributed by atoms with Crippen LogP contribution in [-0.4, -0.2) is 38.1 Å². The molecule has 2 unspecified atom stereocenters. The van der Waals surface area contributed by atoms with E-state index in [9.17, 15) is 13.2 Å². The number of benzene rings is 2. The van der Waals surface area contributed by atoms with Gasteiger partial charge in [0, 0.05) is 26.2 Å². The van der Waals surface area contributed by atoms with Crippen molar-refractivity contribution in [1.82, 2.24) is 10.2 Å². The lowest BCUT2D eigenvalue weighted by molar-refractivity contribution is -0.118. The van der Waals surface area contributed by atoms with Gasteiger partial charge in [0.2, 0.25) is 5.91 Å². The largest absolute Gasteiger partial charge is 0.351 e. The highest BCUT2D eigenvalue weighted by Crippen LogP contribution is 2.23. The van der Waals surface area contributed by atoms with E-state index in [1.807, 2.05) is 24.3 Å². The standard InChI is InChI=1S/C25H31N3O3S/c1-19-11-20(2)15-28(14-19)16-24-6-4-3-5-23(24)13-27-25(29)18-32(30,31)17-22-9-7-21(12-26)8-10-22/h3-10,19-20H,11,13-18H2,1-2H3,(H,27,29). The normalized spacial score (nSPS) is 19.3. The average Bonchev–Trinajstić information content (AvgIpc) is 2.72. The second-order valence-corrected chi connectivity index (χ2v) is 11.1. The number of piperidine rings is 1. The van der Waals surface area contributed by atoms with Crippen molar-refractivity contribution in [3.8, 4) is 6.07 Å². The first-order valence-corrected chi connectivity index (χ1v) is 12.8. The van der Waals surface area contributed by atoms with E-state index in [-0.39, 0.29) is 5.75 Å². The van der Waals surface area contributed by atoms with Gasteiger partial charge in [0.25, 0.3) is 0 Å². The molecule has 3 rings (SSSR count). The molecule has 2 aromatic carbocycles. The Balaban J connectivity index is 1.55. The third kappa shape index (κ3) is 7.18. The average molecular weight is 454 g/mol. The van der Waals surface area contributed by atoms with Crippen LogP contribution in [0.5, 0.6) is 0 Å². The zero-order valence-corrected chi connectivity index (χ0v) is 19.6. The topological polar surface area (TPSA) is 90.3 Å². The lowest BCUT2D eigenvalue weighted by Gasteiger charge is -2.35. The quantitative estimate of drug-likeness (QED) is 0.663. The molecule has 2 atom stereocenters. The van der Waals surface area contributed by atoms with Crippen LogP contribution in [0.1, 0.15) is 42.5 Å². The number of hydrogen-bond acceptors (Lipinski definition) is 5. The van der Waals surface area contributed by atoms with Crippen molar-refractivity contribution in [2.45, 2.75) is 39.1 Å². The van der Waals surface area contributed by atoms with Gasteiger partial charge in [-0.05, 0) is 47.1 Å². The van der Waals surface area contributed by atoms with Gasteiger partial charge >= 0.3 is 0 Å². The van der Waals surface area contributed by atoms with Gasteiger partial charge in [-0.25, -0.2) is 8.42 Å².